The number of hydrogen-bond acceptors (Lipinski definition) is 4. The Bertz CT molecular complexity index is 959. The lowest BCUT2D eigenvalue weighted by atomic mass is 9.89. The molecule has 0 saturated heterocycles. The Hall–Kier alpha value is -3.28. The second kappa shape index (κ2) is 6.32. The predicted octanol–water partition coefficient (Wildman–Crippen LogP) is 2.72. The molecule has 4 rings (SSSR count). The Kier molecular flexibility index (Phi) is 3.85. The summed E-state index contributed by atoms with van der Waals surface area (Å²) >= 11 is 0. The third kappa shape index (κ3) is 2.82. The van der Waals surface area contributed by atoms with E-state index in [1.54, 1.807) is 12.4 Å². The van der Waals surface area contributed by atoms with Crippen molar-refractivity contribution in [1.82, 2.24) is 20.6 Å². The summed E-state index contributed by atoms with van der Waals surface area (Å²) in [6.07, 6.45) is 5.08. The van der Waals surface area contributed by atoms with Gasteiger partial charge < -0.3 is 0 Å². The van der Waals surface area contributed by atoms with E-state index < -0.39 is 0 Å². The van der Waals surface area contributed by atoms with Crippen LogP contribution in [0.5, 0.6) is 0 Å². The van der Waals surface area contributed by atoms with E-state index in [0.717, 1.165) is 40.9 Å². The number of aromatic amines is 1. The monoisotopic (exact) mass is 331 g/mol. The summed E-state index contributed by atoms with van der Waals surface area (Å²) in [5.74, 6) is -0.276. The average Bonchev–Trinajstić information content (AvgIpc) is 3.11. The number of pyridine rings is 1. The smallest absolute Gasteiger partial charge is 0.272 e. The number of H-pyrrole nitrogens is 1. The zero-order chi connectivity index (χ0) is 17.2. The first-order chi connectivity index (χ1) is 12.2. The van der Waals surface area contributed by atoms with Crippen LogP contribution in [0.1, 0.15) is 34.1 Å². The van der Waals surface area contributed by atoms with E-state index in [2.05, 4.69) is 31.8 Å². The van der Waals surface area contributed by atoms with Gasteiger partial charge in [-0.1, -0.05) is 24.3 Å². The van der Waals surface area contributed by atoms with Crippen LogP contribution < -0.4 is 5.43 Å². The molecule has 0 saturated carbocycles. The number of hydrazone groups is 1. The van der Waals surface area contributed by atoms with Crippen LogP contribution in [0.3, 0.4) is 0 Å². The molecule has 2 heterocycles. The molecule has 0 bridgehead atoms. The van der Waals surface area contributed by atoms with Crippen molar-refractivity contribution >= 4 is 11.6 Å². The minimum atomic E-state index is -0.276. The van der Waals surface area contributed by atoms with Gasteiger partial charge in [0.25, 0.3) is 5.91 Å². The fourth-order valence-electron chi connectivity index (χ4n) is 3.10. The van der Waals surface area contributed by atoms with Crippen LogP contribution in [0.15, 0.2) is 53.9 Å². The molecule has 0 fully saturated rings. The van der Waals surface area contributed by atoms with Crippen LogP contribution in [0, 0.1) is 0 Å². The van der Waals surface area contributed by atoms with Crippen LogP contribution in [-0.4, -0.2) is 26.8 Å². The van der Waals surface area contributed by atoms with Crippen molar-refractivity contribution in [3.8, 4) is 11.3 Å². The number of carbonyl (C=O) groups excluding carboxylic acids is 1. The zero-order valence-electron chi connectivity index (χ0n) is 13.8. The molecule has 3 aromatic rings. The third-order valence-electron chi connectivity index (χ3n) is 4.43. The molecule has 1 amide bonds. The van der Waals surface area contributed by atoms with Gasteiger partial charge in [0.05, 0.1) is 11.4 Å². The van der Waals surface area contributed by atoms with Gasteiger partial charge in [-0.25, -0.2) is 5.43 Å². The number of benzene rings is 1. The van der Waals surface area contributed by atoms with Gasteiger partial charge in [0.1, 0.15) is 5.69 Å². The summed E-state index contributed by atoms with van der Waals surface area (Å²) < 4.78 is 0. The van der Waals surface area contributed by atoms with Gasteiger partial charge in [-0.15, -0.1) is 0 Å². The van der Waals surface area contributed by atoms with E-state index in [-0.39, 0.29) is 5.91 Å². The molecule has 124 valence electrons. The number of amides is 1. The molecule has 0 atom stereocenters. The number of rotatable bonds is 3. The summed E-state index contributed by atoms with van der Waals surface area (Å²) in [5, 5.41) is 11.4. The number of nitrogens with one attached hydrogen (secondary N) is 2. The Morgan fingerprint density at radius 2 is 1.96 bits per heavy atom. The van der Waals surface area contributed by atoms with Crippen molar-refractivity contribution in [2.75, 3.05) is 0 Å². The molecule has 1 aromatic carbocycles. The van der Waals surface area contributed by atoms with Crippen LogP contribution in [0.4, 0.5) is 0 Å². The van der Waals surface area contributed by atoms with Crippen molar-refractivity contribution in [1.29, 1.82) is 0 Å². The lowest BCUT2D eigenvalue weighted by Gasteiger charge is -2.15. The Morgan fingerprint density at radius 1 is 1.16 bits per heavy atom. The number of carbonyl (C=O) groups is 1. The predicted molar refractivity (Wildman–Crippen MR) is 95.3 cm³/mol. The fraction of sp³-hybridized carbons (Fsp3) is 0.158. The number of aromatic nitrogens is 3. The van der Waals surface area contributed by atoms with Gasteiger partial charge >= 0.3 is 0 Å². The SMILES string of the molecule is CC(=NNC(=O)c1[nH]nc2c1CCc1ccccc1-2)c1ccncc1. The molecule has 2 aromatic heterocycles. The minimum Gasteiger partial charge on any atom is -0.272 e. The first-order valence-electron chi connectivity index (χ1n) is 8.14. The van der Waals surface area contributed by atoms with Gasteiger partial charge in [0, 0.05) is 29.1 Å². The summed E-state index contributed by atoms with van der Waals surface area (Å²) in [7, 11) is 0. The van der Waals surface area contributed by atoms with Gasteiger partial charge in [-0.3, -0.25) is 14.9 Å². The number of hydrogen-bond donors (Lipinski definition) is 2. The second-order valence-corrected chi connectivity index (χ2v) is 5.96. The van der Waals surface area contributed by atoms with Crippen molar-refractivity contribution < 1.29 is 4.79 Å². The van der Waals surface area contributed by atoms with Crippen molar-refractivity contribution in [3.63, 3.8) is 0 Å². The molecule has 6 heteroatoms. The van der Waals surface area contributed by atoms with Crippen molar-refractivity contribution in [2.45, 2.75) is 19.8 Å². The first-order valence-corrected chi connectivity index (χ1v) is 8.14. The van der Waals surface area contributed by atoms with Gasteiger partial charge in [-0.2, -0.15) is 10.2 Å². The first kappa shape index (κ1) is 15.3. The highest BCUT2D eigenvalue weighted by molar-refractivity contribution is 6.01. The summed E-state index contributed by atoms with van der Waals surface area (Å²) in [6, 6.07) is 11.9. The molecular weight excluding hydrogens is 314 g/mol. The van der Waals surface area contributed by atoms with Crippen LogP contribution in [0.2, 0.25) is 0 Å². The number of aryl methyl sites for hydroxylation is 1. The van der Waals surface area contributed by atoms with E-state index in [1.165, 1.54) is 5.56 Å². The summed E-state index contributed by atoms with van der Waals surface area (Å²) in [6.45, 7) is 1.84. The van der Waals surface area contributed by atoms with Gasteiger partial charge in [0.15, 0.2) is 0 Å². The quantitative estimate of drug-likeness (QED) is 0.572. The molecule has 0 radical (unpaired) electrons. The minimum absolute atomic E-state index is 0.276. The zero-order valence-corrected chi connectivity index (χ0v) is 13.8. The maximum Gasteiger partial charge on any atom is 0.289 e. The van der Waals surface area contributed by atoms with E-state index in [9.17, 15) is 4.79 Å². The van der Waals surface area contributed by atoms with Crippen LogP contribution >= 0.6 is 0 Å². The molecular formula is C19H17N5O. The molecule has 0 spiro atoms. The highest BCUT2D eigenvalue weighted by atomic mass is 16.2. The van der Waals surface area contributed by atoms with Crippen LogP contribution in [0.25, 0.3) is 11.3 Å². The molecule has 2 N–H and O–H groups in total. The summed E-state index contributed by atoms with van der Waals surface area (Å²) in [5.41, 5.74) is 8.90. The maximum atomic E-state index is 12.5. The standard InChI is InChI=1S/C19H17N5O/c1-12(13-8-10-20-11-9-13)21-24-19(25)18-16-7-6-14-4-2-3-5-15(14)17(16)22-23-18/h2-5,8-11H,6-7H2,1H3,(H,22,23)(H,24,25). The fourth-order valence-corrected chi connectivity index (χ4v) is 3.10. The van der Waals surface area contributed by atoms with E-state index >= 15 is 0 Å². The highest BCUT2D eigenvalue weighted by Gasteiger charge is 2.24. The highest BCUT2D eigenvalue weighted by Crippen LogP contribution is 2.33. The molecule has 6 nitrogen and oxygen atoms in total. The summed E-state index contributed by atoms with van der Waals surface area (Å²) in [4.78, 5) is 16.5. The largest absolute Gasteiger partial charge is 0.289 e. The third-order valence-corrected chi connectivity index (χ3v) is 4.43. The second-order valence-electron chi connectivity index (χ2n) is 5.96. The molecule has 1 aliphatic rings. The van der Waals surface area contributed by atoms with E-state index in [1.807, 2.05) is 37.3 Å². The Labute approximate surface area is 145 Å². The topological polar surface area (TPSA) is 83.0 Å². The lowest BCUT2D eigenvalue weighted by Crippen LogP contribution is -2.21. The maximum absolute atomic E-state index is 12.5. The average molecular weight is 331 g/mol. The molecule has 0 aliphatic heterocycles. The van der Waals surface area contributed by atoms with E-state index in [0.29, 0.717) is 5.69 Å². The molecule has 25 heavy (non-hydrogen) atoms. The lowest BCUT2D eigenvalue weighted by molar-refractivity contribution is 0.0949. The van der Waals surface area contributed by atoms with Crippen molar-refractivity contribution in [3.05, 3.63) is 71.2 Å². The Morgan fingerprint density at radius 3 is 2.80 bits per heavy atom. The number of nitrogens with zero attached hydrogens (tertiary/aromatic N) is 3. The normalized spacial score (nSPS) is 13.1. The Balaban J connectivity index is 1.58. The number of fused-ring (bicyclic) bond motifs is 3. The van der Waals surface area contributed by atoms with Gasteiger partial charge in [0.2, 0.25) is 0 Å². The van der Waals surface area contributed by atoms with Gasteiger partial charge in [-0.05, 0) is 37.5 Å². The molecule has 1 aliphatic carbocycles. The van der Waals surface area contributed by atoms with Crippen molar-refractivity contribution in [2.24, 2.45) is 5.10 Å². The van der Waals surface area contributed by atoms with E-state index in [4.69, 9.17) is 0 Å². The van der Waals surface area contributed by atoms with Crippen LogP contribution in [-0.2, 0) is 12.8 Å². The molecule has 0 unspecified atom stereocenters.